The number of nitrogens with one attached hydrogen (secondary N) is 1. The van der Waals surface area contributed by atoms with Crippen LogP contribution in [0.3, 0.4) is 0 Å². The van der Waals surface area contributed by atoms with Crippen molar-refractivity contribution in [1.82, 2.24) is 4.72 Å². The first-order chi connectivity index (χ1) is 7.35. The Morgan fingerprint density at radius 1 is 1.19 bits per heavy atom. The molecule has 0 atom stereocenters. The maximum absolute atomic E-state index is 13.1. The van der Waals surface area contributed by atoms with E-state index in [2.05, 4.69) is 0 Å². The minimum Gasteiger partial charge on any atom is -0.298 e. The van der Waals surface area contributed by atoms with Gasteiger partial charge in [-0.2, -0.15) is 0 Å². The Bertz CT molecular complexity index is 542. The van der Waals surface area contributed by atoms with Gasteiger partial charge < -0.3 is 0 Å². The van der Waals surface area contributed by atoms with Crippen molar-refractivity contribution in [2.45, 2.75) is 4.90 Å². The summed E-state index contributed by atoms with van der Waals surface area (Å²) in [6.07, 6.45) is -0.105. The monoisotopic (exact) mass is 253 g/mol. The van der Waals surface area contributed by atoms with E-state index in [4.69, 9.17) is 0 Å². The molecule has 0 unspecified atom stereocenters. The molecule has 0 fully saturated rings. The fourth-order valence-corrected chi connectivity index (χ4v) is 1.82. The van der Waals surface area contributed by atoms with Gasteiger partial charge >= 0.3 is 0 Å². The fraction of sp³-hybridized carbons (Fsp3) is 0.125. The average molecular weight is 253 g/mol. The molecule has 88 valence electrons. The highest BCUT2D eigenvalue weighted by Crippen LogP contribution is 2.22. The first-order valence-corrected chi connectivity index (χ1v) is 5.39. The molecule has 0 aliphatic heterocycles. The van der Waals surface area contributed by atoms with Gasteiger partial charge in [0.05, 0.1) is 5.56 Å². The summed E-state index contributed by atoms with van der Waals surface area (Å²) in [5.41, 5.74) is -0.868. The van der Waals surface area contributed by atoms with Crippen LogP contribution in [0.2, 0.25) is 0 Å². The largest absolute Gasteiger partial charge is 0.298 e. The number of halogens is 3. The van der Waals surface area contributed by atoms with Crippen LogP contribution in [0.5, 0.6) is 0 Å². The second-order valence-electron chi connectivity index (χ2n) is 2.73. The van der Waals surface area contributed by atoms with E-state index in [9.17, 15) is 26.4 Å². The zero-order valence-electron chi connectivity index (χ0n) is 7.92. The normalized spacial score (nSPS) is 11.5. The second-order valence-corrected chi connectivity index (χ2v) is 4.59. The van der Waals surface area contributed by atoms with Crippen molar-refractivity contribution in [2.75, 3.05) is 7.05 Å². The number of sulfonamides is 1. The van der Waals surface area contributed by atoms with Crippen LogP contribution < -0.4 is 4.72 Å². The van der Waals surface area contributed by atoms with Crippen molar-refractivity contribution in [2.24, 2.45) is 0 Å². The van der Waals surface area contributed by atoms with Crippen LogP contribution >= 0.6 is 0 Å². The minimum atomic E-state index is -4.29. The van der Waals surface area contributed by atoms with Gasteiger partial charge in [0, 0.05) is 0 Å². The van der Waals surface area contributed by atoms with Crippen molar-refractivity contribution >= 4 is 16.3 Å². The lowest BCUT2D eigenvalue weighted by molar-refractivity contribution is 0.111. The number of hydrogen-bond donors (Lipinski definition) is 1. The van der Waals surface area contributed by atoms with E-state index < -0.39 is 37.9 Å². The highest BCUT2D eigenvalue weighted by Gasteiger charge is 2.25. The predicted molar refractivity (Wildman–Crippen MR) is 47.9 cm³/mol. The molecule has 4 nitrogen and oxygen atoms in total. The molecule has 1 aromatic rings. The van der Waals surface area contributed by atoms with Gasteiger partial charge in [-0.3, -0.25) is 4.79 Å². The Morgan fingerprint density at radius 2 is 1.75 bits per heavy atom. The molecule has 0 heterocycles. The highest BCUT2D eigenvalue weighted by molar-refractivity contribution is 7.89. The van der Waals surface area contributed by atoms with Gasteiger partial charge in [-0.1, -0.05) is 0 Å². The van der Waals surface area contributed by atoms with Gasteiger partial charge in [-0.05, 0) is 13.1 Å². The maximum Gasteiger partial charge on any atom is 0.243 e. The Labute approximate surface area is 89.1 Å². The van der Waals surface area contributed by atoms with Crippen molar-refractivity contribution < 1.29 is 26.4 Å². The van der Waals surface area contributed by atoms with Gasteiger partial charge in [-0.25, -0.2) is 26.3 Å². The zero-order valence-corrected chi connectivity index (χ0v) is 8.74. The lowest BCUT2D eigenvalue weighted by Crippen LogP contribution is -2.21. The van der Waals surface area contributed by atoms with Crippen LogP contribution in [-0.4, -0.2) is 21.8 Å². The topological polar surface area (TPSA) is 63.2 Å². The highest BCUT2D eigenvalue weighted by atomic mass is 32.2. The van der Waals surface area contributed by atoms with E-state index in [0.717, 1.165) is 7.05 Å². The molecular formula is C8H6F3NO3S. The lowest BCUT2D eigenvalue weighted by Gasteiger charge is -2.06. The van der Waals surface area contributed by atoms with Gasteiger partial charge in [0.25, 0.3) is 0 Å². The van der Waals surface area contributed by atoms with E-state index >= 15 is 0 Å². The second kappa shape index (κ2) is 4.22. The Morgan fingerprint density at radius 3 is 2.19 bits per heavy atom. The number of carbonyl (C=O) groups is 1. The van der Waals surface area contributed by atoms with Gasteiger partial charge in [0.1, 0.15) is 4.90 Å². The van der Waals surface area contributed by atoms with E-state index in [0.29, 0.717) is 6.07 Å². The zero-order chi connectivity index (χ0) is 12.5. The predicted octanol–water partition coefficient (Wildman–Crippen LogP) is 0.825. The van der Waals surface area contributed by atoms with Crippen LogP contribution in [0.4, 0.5) is 13.2 Å². The molecule has 1 rings (SSSR count). The molecule has 0 aromatic heterocycles. The molecule has 0 spiro atoms. The summed E-state index contributed by atoms with van der Waals surface area (Å²) in [5.74, 6) is -5.58. The van der Waals surface area contributed by atoms with Crippen molar-refractivity contribution in [3.8, 4) is 0 Å². The SMILES string of the molecule is CNS(=O)(=O)c1cc(C=O)c(F)c(F)c1F. The van der Waals surface area contributed by atoms with Gasteiger partial charge in [0.15, 0.2) is 23.7 Å². The number of benzene rings is 1. The van der Waals surface area contributed by atoms with E-state index in [1.807, 2.05) is 0 Å². The molecule has 0 bridgehead atoms. The molecule has 0 amide bonds. The fourth-order valence-electron chi connectivity index (χ4n) is 0.990. The van der Waals surface area contributed by atoms with Crippen LogP contribution in [0.25, 0.3) is 0 Å². The molecule has 1 N–H and O–H groups in total. The van der Waals surface area contributed by atoms with Crippen LogP contribution in [0, 0.1) is 17.5 Å². The first kappa shape index (κ1) is 12.7. The van der Waals surface area contributed by atoms with Crippen LogP contribution in [-0.2, 0) is 10.0 Å². The molecule has 0 saturated heterocycles. The first-order valence-electron chi connectivity index (χ1n) is 3.91. The molecule has 0 aliphatic carbocycles. The van der Waals surface area contributed by atoms with Crippen molar-refractivity contribution in [3.05, 3.63) is 29.1 Å². The van der Waals surface area contributed by atoms with Crippen molar-refractivity contribution in [3.63, 3.8) is 0 Å². The summed E-state index contributed by atoms with van der Waals surface area (Å²) < 4.78 is 63.0. The average Bonchev–Trinajstić information content (AvgIpc) is 2.26. The van der Waals surface area contributed by atoms with Crippen LogP contribution in [0.15, 0.2) is 11.0 Å². The molecule has 0 aliphatic rings. The van der Waals surface area contributed by atoms with E-state index in [1.165, 1.54) is 0 Å². The summed E-state index contributed by atoms with van der Waals surface area (Å²) in [7, 11) is -3.32. The number of hydrogen-bond acceptors (Lipinski definition) is 3. The summed E-state index contributed by atoms with van der Waals surface area (Å²) in [5, 5.41) is 0. The number of rotatable bonds is 3. The Kier molecular flexibility index (Phi) is 3.34. The van der Waals surface area contributed by atoms with Crippen molar-refractivity contribution in [1.29, 1.82) is 0 Å². The van der Waals surface area contributed by atoms with E-state index in [-0.39, 0.29) is 6.29 Å². The quantitative estimate of drug-likeness (QED) is 0.641. The third-order valence-corrected chi connectivity index (χ3v) is 3.24. The summed E-state index contributed by atoms with van der Waals surface area (Å²) in [6, 6.07) is 0.423. The third kappa shape index (κ3) is 1.93. The summed E-state index contributed by atoms with van der Waals surface area (Å²) in [4.78, 5) is 9.20. The molecule has 8 heteroatoms. The van der Waals surface area contributed by atoms with Gasteiger partial charge in [0.2, 0.25) is 10.0 Å². The van der Waals surface area contributed by atoms with Gasteiger partial charge in [-0.15, -0.1) is 0 Å². The maximum atomic E-state index is 13.1. The minimum absolute atomic E-state index is 0.105. The molecular weight excluding hydrogens is 247 g/mol. The summed E-state index contributed by atoms with van der Waals surface area (Å²) >= 11 is 0. The third-order valence-electron chi connectivity index (χ3n) is 1.83. The molecule has 1 aromatic carbocycles. The summed E-state index contributed by atoms with van der Waals surface area (Å²) in [6.45, 7) is 0. The Hall–Kier alpha value is -1.41. The lowest BCUT2D eigenvalue weighted by atomic mass is 10.2. The molecule has 0 radical (unpaired) electrons. The number of carbonyl (C=O) groups excluding carboxylic acids is 1. The Balaban J connectivity index is 3.67. The van der Waals surface area contributed by atoms with E-state index in [1.54, 1.807) is 4.72 Å². The smallest absolute Gasteiger partial charge is 0.243 e. The van der Waals surface area contributed by atoms with Crippen LogP contribution in [0.1, 0.15) is 10.4 Å². The molecule has 0 saturated carbocycles. The molecule has 16 heavy (non-hydrogen) atoms. The number of aldehydes is 1. The standard InChI is InChI=1S/C8H6F3NO3S/c1-12-16(14,15)5-2-4(3-13)6(9)8(11)7(5)10/h2-3,12H,1H3.